The smallest absolute Gasteiger partial charge is 0.550 e. The van der Waals surface area contributed by atoms with Gasteiger partial charge in [0, 0.05) is 11.9 Å². The Balaban J connectivity index is -0.000000688. The molecule has 0 aliphatic heterocycles. The van der Waals surface area contributed by atoms with E-state index in [9.17, 15) is 19.8 Å². The van der Waals surface area contributed by atoms with Crippen LogP contribution in [0.5, 0.6) is 0 Å². The van der Waals surface area contributed by atoms with Gasteiger partial charge < -0.3 is 19.8 Å². The number of aliphatic carboxylic acids is 2. The number of carboxylic acids is 2. The van der Waals surface area contributed by atoms with Crippen molar-refractivity contribution >= 4 is 11.9 Å². The summed E-state index contributed by atoms with van der Waals surface area (Å²) in [5, 5.41) is 20.4. The second-order valence-electron chi connectivity index (χ2n) is 11.4. The molecule has 0 rings (SSSR count). The van der Waals surface area contributed by atoms with Gasteiger partial charge in [-0.15, -0.1) is 0 Å². The number of hydrogen-bond donors (Lipinski definition) is 0. The Labute approximate surface area is 268 Å². The minimum Gasteiger partial charge on any atom is -0.550 e. The summed E-state index contributed by atoms with van der Waals surface area (Å²) in [6.45, 7) is 4.51. The number of allylic oxidation sites excluding steroid dienone is 4. The molecule has 236 valence electrons. The van der Waals surface area contributed by atoms with Crippen LogP contribution in [0, 0.1) is 0 Å². The zero-order valence-corrected chi connectivity index (χ0v) is 30.4. The molecule has 0 aromatic heterocycles. The largest absolute Gasteiger partial charge is 2.00 e. The van der Waals surface area contributed by atoms with E-state index in [0.29, 0.717) is 0 Å². The molecule has 41 heavy (non-hydrogen) atoms. The number of carboxylic acid groups (broad SMARTS) is 2. The second kappa shape index (κ2) is 41.2. The van der Waals surface area contributed by atoms with Gasteiger partial charge in [-0.05, 0) is 77.0 Å². The quantitative estimate of drug-likeness (QED) is 0.0451. The van der Waals surface area contributed by atoms with E-state index in [1.165, 1.54) is 128 Å². The second-order valence-corrected chi connectivity index (χ2v) is 11.4. The molecule has 0 saturated carbocycles. The molecule has 0 amide bonds. The molecule has 4 nitrogen and oxygen atoms in total. The third-order valence-corrected chi connectivity index (χ3v) is 7.29. The summed E-state index contributed by atoms with van der Waals surface area (Å²) in [7, 11) is 0. The normalized spacial score (nSPS) is 11.0. The summed E-state index contributed by atoms with van der Waals surface area (Å²) < 4.78 is 0. The van der Waals surface area contributed by atoms with E-state index in [2.05, 4.69) is 38.2 Å². The van der Waals surface area contributed by atoms with Crippen molar-refractivity contribution in [2.75, 3.05) is 0 Å². The van der Waals surface area contributed by atoms with Crippen molar-refractivity contribution < 1.29 is 39.3 Å². The molecular formula is C36H66O4Zn. The predicted molar refractivity (Wildman–Crippen MR) is 169 cm³/mol. The minimum atomic E-state index is -0.912. The fourth-order valence-electron chi connectivity index (χ4n) is 4.68. The molecule has 0 fully saturated rings. The van der Waals surface area contributed by atoms with Crippen LogP contribution in [0.1, 0.15) is 194 Å². The molecule has 0 heterocycles. The van der Waals surface area contributed by atoms with Gasteiger partial charge in [-0.2, -0.15) is 0 Å². The SMILES string of the molecule is CCCCCCCC=CCCCCCCCCC(=O)[O-].CCCCCCCC=CCCCCCCCCC(=O)[O-].[Zn+2]. The number of carbonyl (C=O) groups excluding carboxylic acids is 2. The van der Waals surface area contributed by atoms with Crippen LogP contribution >= 0.6 is 0 Å². The van der Waals surface area contributed by atoms with Crippen molar-refractivity contribution in [1.82, 2.24) is 0 Å². The third-order valence-electron chi connectivity index (χ3n) is 7.29. The maximum absolute atomic E-state index is 10.2. The third kappa shape index (κ3) is 49.1. The maximum Gasteiger partial charge on any atom is 2.00 e. The molecule has 0 bridgehead atoms. The first-order valence-corrected chi connectivity index (χ1v) is 17.2. The van der Waals surface area contributed by atoms with Crippen LogP contribution in [0.3, 0.4) is 0 Å². The van der Waals surface area contributed by atoms with Crippen LogP contribution in [0.25, 0.3) is 0 Å². The van der Waals surface area contributed by atoms with E-state index in [1.807, 2.05) is 0 Å². The Morgan fingerprint density at radius 2 is 0.610 bits per heavy atom. The van der Waals surface area contributed by atoms with Crippen LogP contribution in [-0.4, -0.2) is 11.9 Å². The standard InChI is InChI=1S/2C18H34O2.Zn/c2*1-2-3-4-5-6-7-8-9-10-11-12-13-14-15-16-17-18(19)20;/h2*8-9H,2-7,10-17H2,1H3,(H,19,20);/q;;+2/p-2. The molecular weight excluding hydrogens is 562 g/mol. The summed E-state index contributed by atoms with van der Waals surface area (Å²) in [6.07, 6.45) is 41.8. The molecule has 0 N–H and O–H groups in total. The van der Waals surface area contributed by atoms with Crippen molar-refractivity contribution in [1.29, 1.82) is 0 Å². The Hall–Kier alpha value is -0.957. The number of unbranched alkanes of at least 4 members (excludes halogenated alkanes) is 22. The van der Waals surface area contributed by atoms with Gasteiger partial charge in [0.2, 0.25) is 0 Å². The molecule has 0 aliphatic carbocycles. The van der Waals surface area contributed by atoms with E-state index in [4.69, 9.17) is 0 Å². The van der Waals surface area contributed by atoms with Crippen LogP contribution in [0.2, 0.25) is 0 Å². The molecule has 0 aromatic rings. The minimum absolute atomic E-state index is 0. The van der Waals surface area contributed by atoms with E-state index in [1.54, 1.807) is 0 Å². The summed E-state index contributed by atoms with van der Waals surface area (Å²) in [5.74, 6) is -1.82. The molecule has 5 heteroatoms. The van der Waals surface area contributed by atoms with Gasteiger partial charge in [-0.1, -0.05) is 141 Å². The van der Waals surface area contributed by atoms with Crippen molar-refractivity contribution in [2.24, 2.45) is 0 Å². The van der Waals surface area contributed by atoms with Crippen molar-refractivity contribution in [3.05, 3.63) is 24.3 Å². The summed E-state index contributed by atoms with van der Waals surface area (Å²) in [4.78, 5) is 20.4. The number of hydrogen-bond acceptors (Lipinski definition) is 4. The Bertz CT molecular complexity index is 524. The molecule has 0 atom stereocenters. The van der Waals surface area contributed by atoms with Crippen LogP contribution in [0.15, 0.2) is 24.3 Å². The molecule has 0 radical (unpaired) electrons. The van der Waals surface area contributed by atoms with E-state index in [-0.39, 0.29) is 32.3 Å². The predicted octanol–water partition coefficient (Wildman–Crippen LogP) is 9.55. The van der Waals surface area contributed by atoms with E-state index in [0.717, 1.165) is 38.5 Å². The summed E-state index contributed by atoms with van der Waals surface area (Å²) in [6, 6.07) is 0. The fraction of sp³-hybridized carbons (Fsp3) is 0.833. The zero-order valence-electron chi connectivity index (χ0n) is 27.4. The van der Waals surface area contributed by atoms with Crippen molar-refractivity contribution in [3.8, 4) is 0 Å². The number of carbonyl (C=O) groups is 2. The Morgan fingerprint density at radius 1 is 0.390 bits per heavy atom. The first kappa shape index (κ1) is 44.5. The summed E-state index contributed by atoms with van der Waals surface area (Å²) >= 11 is 0. The average molecular weight is 628 g/mol. The molecule has 0 spiro atoms. The molecule has 0 aromatic carbocycles. The first-order valence-electron chi connectivity index (χ1n) is 17.2. The molecule has 0 saturated heterocycles. The number of rotatable bonds is 30. The van der Waals surface area contributed by atoms with Gasteiger partial charge >= 0.3 is 19.5 Å². The zero-order chi connectivity index (χ0) is 29.8. The Kier molecular flexibility index (Phi) is 44.7. The van der Waals surface area contributed by atoms with Gasteiger partial charge in [0.25, 0.3) is 0 Å². The monoisotopic (exact) mass is 626 g/mol. The Morgan fingerprint density at radius 3 is 0.854 bits per heavy atom. The van der Waals surface area contributed by atoms with Crippen molar-refractivity contribution in [2.45, 2.75) is 194 Å². The van der Waals surface area contributed by atoms with Crippen LogP contribution in [0.4, 0.5) is 0 Å². The van der Waals surface area contributed by atoms with Gasteiger partial charge in [0.1, 0.15) is 0 Å². The van der Waals surface area contributed by atoms with E-state index >= 15 is 0 Å². The van der Waals surface area contributed by atoms with Gasteiger partial charge in [-0.25, -0.2) is 0 Å². The topological polar surface area (TPSA) is 80.3 Å². The van der Waals surface area contributed by atoms with Crippen LogP contribution < -0.4 is 10.2 Å². The molecule has 0 unspecified atom stereocenters. The van der Waals surface area contributed by atoms with Crippen molar-refractivity contribution in [3.63, 3.8) is 0 Å². The van der Waals surface area contributed by atoms with E-state index < -0.39 is 11.9 Å². The van der Waals surface area contributed by atoms with Gasteiger partial charge in [0.15, 0.2) is 0 Å². The average Bonchev–Trinajstić information content (AvgIpc) is 2.93. The fourth-order valence-corrected chi connectivity index (χ4v) is 4.68. The van der Waals surface area contributed by atoms with Crippen LogP contribution in [-0.2, 0) is 29.1 Å². The molecule has 0 aliphatic rings. The summed E-state index contributed by atoms with van der Waals surface area (Å²) in [5.41, 5.74) is 0. The maximum atomic E-state index is 10.2. The van der Waals surface area contributed by atoms with Gasteiger partial charge in [0.05, 0.1) is 0 Å². The van der Waals surface area contributed by atoms with Gasteiger partial charge in [-0.3, -0.25) is 0 Å². The first-order chi connectivity index (χ1) is 19.5.